The van der Waals surface area contributed by atoms with Gasteiger partial charge in [0, 0.05) is 72.2 Å². The third kappa shape index (κ3) is 7.87. The van der Waals surface area contributed by atoms with Crippen molar-refractivity contribution in [2.75, 3.05) is 0 Å². The molecule has 17 aromatic rings. The van der Waals surface area contributed by atoms with E-state index in [9.17, 15) is 0 Å². The predicted octanol–water partition coefficient (Wildman–Crippen LogP) is 20.9. The summed E-state index contributed by atoms with van der Waals surface area (Å²) >= 11 is 0. The quantitative estimate of drug-likeness (QED) is 0.112. The van der Waals surface area contributed by atoms with Gasteiger partial charge in [0.15, 0.2) is 18.6 Å². The number of aromatic nitrogens is 4. The van der Waals surface area contributed by atoms with Gasteiger partial charge in [-0.05, 0) is 141 Å². The highest BCUT2D eigenvalue weighted by atomic mass is 16.5. The third-order valence-electron chi connectivity index (χ3n) is 24.8. The van der Waals surface area contributed by atoms with Crippen LogP contribution >= 0.6 is 0 Å². The molecule has 13 aromatic carbocycles. The lowest BCUT2D eigenvalue weighted by atomic mass is 9.77. The number of benzene rings is 13. The number of hydrogen-bond donors (Lipinski definition) is 0. The second-order valence-corrected chi connectivity index (χ2v) is 31.7. The van der Waals surface area contributed by atoms with Gasteiger partial charge in [0.05, 0.1) is 27.6 Å². The lowest BCUT2D eigenvalue weighted by molar-refractivity contribution is -0.717. The minimum absolute atomic E-state index is 0.0279. The molecule has 0 saturated heterocycles. The molecule has 8 heterocycles. The number of hydrogen-bond acceptors (Lipinski definition) is 4. The Balaban J connectivity index is 0.0000000901. The number of ether oxygens (including phenoxy) is 4. The Hall–Kier alpha value is -12.0. The van der Waals surface area contributed by atoms with Crippen LogP contribution in [0.4, 0.5) is 0 Å². The van der Waals surface area contributed by atoms with Gasteiger partial charge in [0.1, 0.15) is 23.0 Å². The first-order chi connectivity index (χ1) is 50.6. The highest BCUT2D eigenvalue weighted by molar-refractivity contribution is 6.18. The number of rotatable bonds is 0. The van der Waals surface area contributed by atoms with Gasteiger partial charge in [-0.15, -0.1) is 0 Å². The molecule has 8 nitrogen and oxygen atoms in total. The van der Waals surface area contributed by atoms with Gasteiger partial charge in [-0.1, -0.05) is 231 Å². The molecule has 8 aliphatic rings. The number of nitrogens with zero attached hydrogens (tertiary/aromatic N) is 4. The molecule has 4 aromatic heterocycles. The average Bonchev–Trinajstić information content (AvgIpc) is 1.53. The van der Waals surface area contributed by atoms with E-state index in [-0.39, 0.29) is 21.7 Å². The molecule has 0 saturated carbocycles. The van der Waals surface area contributed by atoms with Gasteiger partial charge < -0.3 is 18.9 Å². The fourth-order valence-electron chi connectivity index (χ4n) is 20.1. The van der Waals surface area contributed by atoms with Crippen molar-refractivity contribution in [3.63, 3.8) is 0 Å². The van der Waals surface area contributed by atoms with Crippen molar-refractivity contribution < 1.29 is 37.2 Å². The van der Waals surface area contributed by atoms with Gasteiger partial charge >= 0.3 is 0 Å². The molecule has 0 N–H and O–H groups in total. The molecule has 8 heteroatoms. The van der Waals surface area contributed by atoms with E-state index in [2.05, 4.69) is 329 Å². The van der Waals surface area contributed by atoms with Gasteiger partial charge in [0.2, 0.25) is 28.3 Å². The van der Waals surface area contributed by atoms with Crippen molar-refractivity contribution >= 4 is 97.1 Å². The molecule has 25 rings (SSSR count). The zero-order valence-corrected chi connectivity index (χ0v) is 59.5. The Labute approximate surface area is 602 Å². The van der Waals surface area contributed by atoms with Crippen LogP contribution in [0.2, 0.25) is 0 Å². The zero-order chi connectivity index (χ0) is 69.6. The smallest absolute Gasteiger partial charge is 0.293 e. The van der Waals surface area contributed by atoms with Crippen molar-refractivity contribution in [1.82, 2.24) is 0 Å². The summed E-state index contributed by atoms with van der Waals surface area (Å²) in [6.45, 7) is 21.1. The summed E-state index contributed by atoms with van der Waals surface area (Å²) in [5.74, 6) is 4.08. The van der Waals surface area contributed by atoms with E-state index in [0.29, 0.717) is 26.9 Å². The van der Waals surface area contributed by atoms with Gasteiger partial charge in [-0.3, -0.25) is 0 Å². The standard InChI is InChI=1S/2C31H22NO.C19H16NO.C15H14NO/c1-31(2)28-22-13-11-18-7-3-5-9-20(18)24(22)15-26-27(28)30-29(31)23-14-12-19-8-4-6-10-21(19)25(23)16-32(30)17-33-26;1-31(2)28-23-14-13-18-7-3-5-9-21(18)24(23)15-25-27(28)30-29(31)26-20(16-32(30)17-33-25)12-11-19-8-4-6-10-22(19)26;1-19(2)13-7-5-9-16-17(13)18-14(19)10-12-6-3-4-8-15(12)20(18)11-21-16;1-15(2)10-5-3-7-12-13(10)14-11(15)6-4-8-16(14)9-17-12/h2*3-16H,17H2,1-2H3;3-10H,11H2,1-2H3;3-8H,9H2,1-2H3/q4*+1. The zero-order valence-electron chi connectivity index (χ0n) is 59.5. The van der Waals surface area contributed by atoms with Crippen molar-refractivity contribution in [3.05, 3.63) is 300 Å². The van der Waals surface area contributed by atoms with Crippen LogP contribution in [0.3, 0.4) is 0 Å². The molecular weight excluding hydrogens is 1270 g/mol. The molecule has 0 bridgehead atoms. The maximum atomic E-state index is 6.44. The largest absolute Gasteiger partial charge is 0.435 e. The molecule has 0 spiro atoms. The van der Waals surface area contributed by atoms with Gasteiger partial charge in [-0.2, -0.15) is 18.3 Å². The van der Waals surface area contributed by atoms with Gasteiger partial charge in [-0.25, -0.2) is 0 Å². The first kappa shape index (κ1) is 59.7. The molecule has 104 heavy (non-hydrogen) atoms. The molecule has 498 valence electrons. The van der Waals surface area contributed by atoms with Crippen LogP contribution in [0.25, 0.3) is 142 Å². The Morgan fingerprint density at radius 1 is 0.260 bits per heavy atom. The lowest BCUT2D eigenvalue weighted by Crippen LogP contribution is -2.42. The lowest BCUT2D eigenvalue weighted by Gasteiger charge is -2.24. The molecule has 0 amide bonds. The minimum Gasteiger partial charge on any atom is -0.435 e. The Bertz CT molecular complexity index is 6630. The maximum Gasteiger partial charge on any atom is 0.293 e. The molecule has 4 aliphatic heterocycles. The van der Waals surface area contributed by atoms with Gasteiger partial charge in [0.25, 0.3) is 26.9 Å². The monoisotopic (exact) mass is 1350 g/mol. The summed E-state index contributed by atoms with van der Waals surface area (Å²) in [6.07, 6.45) is 6.68. The maximum absolute atomic E-state index is 6.44. The van der Waals surface area contributed by atoms with E-state index >= 15 is 0 Å². The highest BCUT2D eigenvalue weighted by Gasteiger charge is 2.52. The average molecular weight is 1350 g/mol. The van der Waals surface area contributed by atoms with Crippen LogP contribution in [0.5, 0.6) is 23.0 Å². The molecule has 0 fully saturated rings. The second-order valence-electron chi connectivity index (χ2n) is 31.7. The fourth-order valence-corrected chi connectivity index (χ4v) is 20.1. The van der Waals surface area contributed by atoms with Crippen molar-refractivity contribution in [1.29, 1.82) is 0 Å². The van der Waals surface area contributed by atoms with E-state index in [1.165, 1.54) is 187 Å². The summed E-state index contributed by atoms with van der Waals surface area (Å²) in [5.41, 5.74) is 22.7. The van der Waals surface area contributed by atoms with Crippen LogP contribution in [0.1, 0.15) is 99.9 Å². The molecule has 0 radical (unpaired) electrons. The first-order valence-corrected chi connectivity index (χ1v) is 36.7. The summed E-state index contributed by atoms with van der Waals surface area (Å²) in [5, 5.41) is 22.1. The van der Waals surface area contributed by atoms with Crippen LogP contribution in [-0.2, 0) is 48.6 Å². The minimum atomic E-state index is -0.152. The molecule has 0 unspecified atom stereocenters. The van der Waals surface area contributed by atoms with Crippen molar-refractivity contribution in [3.8, 4) is 68.0 Å². The molecular formula is C96H74N4O4+4. The molecule has 4 aliphatic carbocycles. The number of pyridine rings is 4. The van der Waals surface area contributed by atoms with Crippen LogP contribution in [-0.4, -0.2) is 0 Å². The first-order valence-electron chi connectivity index (χ1n) is 36.7. The Morgan fingerprint density at radius 2 is 0.702 bits per heavy atom. The Morgan fingerprint density at radius 3 is 1.32 bits per heavy atom. The van der Waals surface area contributed by atoms with E-state index in [0.717, 1.165) is 23.0 Å². The predicted molar refractivity (Wildman–Crippen MR) is 417 cm³/mol. The summed E-state index contributed by atoms with van der Waals surface area (Å²) in [4.78, 5) is 0. The second kappa shape index (κ2) is 20.9. The Kier molecular flexibility index (Phi) is 12.0. The topological polar surface area (TPSA) is 52.4 Å². The summed E-state index contributed by atoms with van der Waals surface area (Å²) in [6, 6.07) is 85.7. The number of fused-ring (bicyclic) bond motifs is 18. The van der Waals surface area contributed by atoms with Crippen LogP contribution in [0, 0.1) is 0 Å². The summed E-state index contributed by atoms with van der Waals surface area (Å²) in [7, 11) is 0. The van der Waals surface area contributed by atoms with E-state index in [4.69, 9.17) is 18.9 Å². The van der Waals surface area contributed by atoms with Crippen LogP contribution in [0.15, 0.2) is 255 Å². The summed E-state index contributed by atoms with van der Waals surface area (Å²) < 4.78 is 33.9. The highest BCUT2D eigenvalue weighted by Crippen LogP contribution is 2.61. The van der Waals surface area contributed by atoms with Crippen molar-refractivity contribution in [2.24, 2.45) is 0 Å². The SMILES string of the molecule is CC1(C)c2c3c(cc4c2ccc2ccccc24)OC[n+]2cc4c(ccc5ccccc54)c1c2-3.CC1(C)c2c3c(cc4c2ccc2ccccc24)OC[n+]2cc4ccc5ccccc5c4c1c2-3.CC1(C)c2cccc3c2-c2c1cc1ccccc1[n+]2CO3.CC1(C)c2cccc3c2-c2c1ccc[n+]2CO3. The van der Waals surface area contributed by atoms with Crippen LogP contribution < -0.4 is 37.2 Å². The normalized spacial score (nSPS) is 16.0. The van der Waals surface area contributed by atoms with E-state index in [1.54, 1.807) is 0 Å². The van der Waals surface area contributed by atoms with Crippen molar-refractivity contribution in [2.45, 2.75) is 104 Å². The third-order valence-corrected chi connectivity index (χ3v) is 24.8. The fraction of sp³-hybridized carbons (Fsp3) is 0.167. The van der Waals surface area contributed by atoms with E-state index in [1.807, 2.05) is 0 Å². The number of para-hydroxylation sites is 1. The van der Waals surface area contributed by atoms with E-state index < -0.39 is 0 Å². The molecule has 0 atom stereocenters.